The van der Waals surface area contributed by atoms with Crippen LogP contribution in [0.5, 0.6) is 17.2 Å². The van der Waals surface area contributed by atoms with E-state index < -0.39 is 21.3 Å². The number of benzene rings is 3. The van der Waals surface area contributed by atoms with Crippen LogP contribution in [0.15, 0.2) is 77.3 Å². The molecule has 7 nitrogen and oxygen atoms in total. The lowest BCUT2D eigenvalue weighted by atomic mass is 9.88. The van der Waals surface area contributed by atoms with Crippen molar-refractivity contribution in [2.75, 3.05) is 23.5 Å². The van der Waals surface area contributed by atoms with Gasteiger partial charge in [0.1, 0.15) is 18.0 Å². The summed E-state index contributed by atoms with van der Waals surface area (Å²) in [7, 11) is -2.05. The molecule has 5 rings (SSSR count). The van der Waals surface area contributed by atoms with Crippen LogP contribution in [0.4, 0.5) is 11.4 Å². The number of hydrogen-bond donors (Lipinski definition) is 3. The van der Waals surface area contributed by atoms with Crippen molar-refractivity contribution in [2.45, 2.75) is 32.9 Å². The van der Waals surface area contributed by atoms with E-state index in [4.69, 9.17) is 9.47 Å². The highest BCUT2D eigenvalue weighted by Crippen LogP contribution is 2.49. The molecule has 2 aliphatic rings. The smallest absolute Gasteiger partial charge is 0.179 e. The number of allylic oxidation sites excluding steroid dienone is 1. The maximum atomic E-state index is 13.7. The summed E-state index contributed by atoms with van der Waals surface area (Å²) in [5, 5.41) is 17.2. The first-order valence-electron chi connectivity index (χ1n) is 11.8. The molecule has 0 amide bonds. The molecule has 3 aromatic rings. The molecule has 0 saturated heterocycles. The second-order valence-electron chi connectivity index (χ2n) is 10.0. The van der Waals surface area contributed by atoms with E-state index in [0.29, 0.717) is 47.2 Å². The third kappa shape index (κ3) is 4.60. The molecule has 36 heavy (non-hydrogen) atoms. The highest BCUT2D eigenvalue weighted by atomic mass is 32.2. The SMILES string of the molecule is COc1ccc(C2Nc3cccc(O)c3NC3=C2S(=O)(=O)CC(C)(C)C3)cc1OCc1ccccc1. The topological polar surface area (TPSA) is 96.9 Å². The van der Waals surface area contributed by atoms with Crippen LogP contribution in [0.1, 0.15) is 37.4 Å². The van der Waals surface area contributed by atoms with E-state index in [0.717, 1.165) is 5.56 Å². The summed E-state index contributed by atoms with van der Waals surface area (Å²) in [5.41, 5.74) is 2.94. The van der Waals surface area contributed by atoms with Crippen molar-refractivity contribution in [1.29, 1.82) is 0 Å². The van der Waals surface area contributed by atoms with Gasteiger partial charge in [-0.1, -0.05) is 56.3 Å². The van der Waals surface area contributed by atoms with Crippen molar-refractivity contribution < 1.29 is 23.0 Å². The molecule has 0 saturated carbocycles. The zero-order valence-electron chi connectivity index (χ0n) is 20.5. The molecule has 0 spiro atoms. The summed E-state index contributed by atoms with van der Waals surface area (Å²) < 4.78 is 39.0. The monoisotopic (exact) mass is 506 g/mol. The van der Waals surface area contributed by atoms with E-state index in [9.17, 15) is 13.5 Å². The lowest BCUT2D eigenvalue weighted by Crippen LogP contribution is -2.35. The number of methoxy groups -OCH3 is 1. The van der Waals surface area contributed by atoms with Crippen LogP contribution in [-0.2, 0) is 16.4 Å². The predicted octanol–water partition coefficient (Wildman–Crippen LogP) is 5.61. The van der Waals surface area contributed by atoms with Gasteiger partial charge < -0.3 is 25.2 Å². The predicted molar refractivity (Wildman–Crippen MR) is 141 cm³/mol. The molecule has 3 aromatic carbocycles. The van der Waals surface area contributed by atoms with E-state index >= 15 is 0 Å². The Bertz CT molecular complexity index is 1430. The normalized spacial score (nSPS) is 19.7. The van der Waals surface area contributed by atoms with Crippen LogP contribution in [0, 0.1) is 5.41 Å². The summed E-state index contributed by atoms with van der Waals surface area (Å²) in [6, 6.07) is 19.7. The van der Waals surface area contributed by atoms with Gasteiger partial charge in [-0.15, -0.1) is 0 Å². The quantitative estimate of drug-likeness (QED) is 0.387. The molecule has 2 aliphatic heterocycles. The molecule has 3 N–H and O–H groups in total. The number of aromatic hydroxyl groups is 1. The van der Waals surface area contributed by atoms with Gasteiger partial charge in [0.25, 0.3) is 0 Å². The number of phenols is 1. The van der Waals surface area contributed by atoms with Crippen molar-refractivity contribution in [1.82, 2.24) is 0 Å². The Labute approximate surface area is 211 Å². The summed E-state index contributed by atoms with van der Waals surface area (Å²) >= 11 is 0. The molecule has 0 fully saturated rings. The lowest BCUT2D eigenvalue weighted by molar-refractivity contribution is 0.284. The van der Waals surface area contributed by atoms with E-state index in [1.807, 2.05) is 62.4 Å². The Hall–Kier alpha value is -3.65. The van der Waals surface area contributed by atoms with Gasteiger partial charge in [0, 0.05) is 5.70 Å². The first-order valence-corrected chi connectivity index (χ1v) is 13.5. The van der Waals surface area contributed by atoms with Crippen LogP contribution in [0.25, 0.3) is 0 Å². The van der Waals surface area contributed by atoms with Crippen LogP contribution in [0.2, 0.25) is 0 Å². The fourth-order valence-electron chi connectivity index (χ4n) is 4.98. The van der Waals surface area contributed by atoms with Gasteiger partial charge in [-0.25, -0.2) is 8.42 Å². The maximum absolute atomic E-state index is 13.7. The first-order chi connectivity index (χ1) is 17.2. The minimum Gasteiger partial charge on any atom is -0.506 e. The highest BCUT2D eigenvalue weighted by Gasteiger charge is 2.43. The summed E-state index contributed by atoms with van der Waals surface area (Å²) in [5.74, 6) is 1.16. The van der Waals surface area contributed by atoms with E-state index in [-0.39, 0.29) is 16.4 Å². The fourth-order valence-corrected chi connectivity index (χ4v) is 7.31. The second-order valence-corrected chi connectivity index (χ2v) is 12.0. The highest BCUT2D eigenvalue weighted by molar-refractivity contribution is 7.95. The Balaban J connectivity index is 1.62. The zero-order valence-corrected chi connectivity index (χ0v) is 21.4. The molecule has 0 aromatic heterocycles. The number of ether oxygens (including phenoxy) is 2. The van der Waals surface area contributed by atoms with Gasteiger partial charge >= 0.3 is 0 Å². The van der Waals surface area contributed by atoms with Crippen LogP contribution < -0.4 is 20.1 Å². The standard InChI is InChI=1S/C28H30N2O5S/c1-28(2)15-21-27(36(32,33)17-28)25(29-20-10-7-11-22(31)26(20)30-21)19-12-13-23(34-3)24(14-19)35-16-18-8-5-4-6-9-18/h4-14,25,29-31H,15-17H2,1-3H3. The molecule has 0 radical (unpaired) electrons. The molecular formula is C28H30N2O5S. The van der Waals surface area contributed by atoms with Crippen LogP contribution in [0.3, 0.4) is 0 Å². The van der Waals surface area contributed by atoms with E-state index in [2.05, 4.69) is 10.6 Å². The molecule has 188 valence electrons. The van der Waals surface area contributed by atoms with Gasteiger partial charge in [-0.2, -0.15) is 0 Å². The number of hydrogen-bond acceptors (Lipinski definition) is 7. The van der Waals surface area contributed by atoms with E-state index in [1.165, 1.54) is 0 Å². The fraction of sp³-hybridized carbons (Fsp3) is 0.286. The Morgan fingerprint density at radius 1 is 1.03 bits per heavy atom. The Kier molecular flexibility index (Phi) is 6.08. The van der Waals surface area contributed by atoms with Crippen LogP contribution >= 0.6 is 0 Å². The minimum absolute atomic E-state index is 0.0362. The second kappa shape index (κ2) is 9.09. The Morgan fingerprint density at radius 2 is 1.81 bits per heavy atom. The van der Waals surface area contributed by atoms with Crippen molar-refractivity contribution >= 4 is 21.2 Å². The molecule has 1 atom stereocenters. The largest absolute Gasteiger partial charge is 0.506 e. The van der Waals surface area contributed by atoms with Gasteiger partial charge in [-0.05, 0) is 47.2 Å². The van der Waals surface area contributed by atoms with Crippen molar-refractivity contribution in [3.05, 3.63) is 88.5 Å². The number of nitrogens with one attached hydrogen (secondary N) is 2. The van der Waals surface area contributed by atoms with Gasteiger partial charge in [0.2, 0.25) is 0 Å². The van der Waals surface area contributed by atoms with Gasteiger partial charge in [0.15, 0.2) is 21.3 Å². The molecule has 2 heterocycles. The molecule has 0 aliphatic carbocycles. The summed E-state index contributed by atoms with van der Waals surface area (Å²) in [6.07, 6.45) is 0.529. The number of anilines is 2. The summed E-state index contributed by atoms with van der Waals surface area (Å²) in [4.78, 5) is 0.289. The molecule has 1 unspecified atom stereocenters. The summed E-state index contributed by atoms with van der Waals surface area (Å²) in [6.45, 7) is 4.23. The third-order valence-electron chi connectivity index (χ3n) is 6.51. The zero-order chi connectivity index (χ0) is 25.5. The lowest BCUT2D eigenvalue weighted by Gasteiger charge is -2.34. The van der Waals surface area contributed by atoms with Crippen molar-refractivity contribution in [3.8, 4) is 17.2 Å². The number of para-hydroxylation sites is 1. The molecule has 8 heteroatoms. The van der Waals surface area contributed by atoms with Crippen molar-refractivity contribution in [3.63, 3.8) is 0 Å². The van der Waals surface area contributed by atoms with Gasteiger partial charge in [0.05, 0.1) is 29.5 Å². The third-order valence-corrected chi connectivity index (χ3v) is 8.82. The van der Waals surface area contributed by atoms with Gasteiger partial charge in [-0.3, -0.25) is 0 Å². The Morgan fingerprint density at radius 3 is 2.56 bits per heavy atom. The number of fused-ring (bicyclic) bond motifs is 1. The number of rotatable bonds is 5. The van der Waals surface area contributed by atoms with E-state index in [1.54, 1.807) is 25.3 Å². The minimum atomic E-state index is -3.63. The van der Waals surface area contributed by atoms with Crippen molar-refractivity contribution in [2.24, 2.45) is 5.41 Å². The van der Waals surface area contributed by atoms with Crippen LogP contribution in [-0.4, -0.2) is 26.4 Å². The number of sulfone groups is 1. The first kappa shape index (κ1) is 24.1. The molecule has 0 bridgehead atoms. The maximum Gasteiger partial charge on any atom is 0.179 e. The molecular weight excluding hydrogens is 476 g/mol. The average Bonchev–Trinajstić information content (AvgIpc) is 3.00. The average molecular weight is 507 g/mol. The number of phenolic OH excluding ortho intramolecular Hbond substituents is 1.